The molecule has 0 aliphatic heterocycles. The van der Waals surface area contributed by atoms with Crippen LogP contribution >= 0.6 is 11.8 Å². The molecule has 1 unspecified atom stereocenters. The topological polar surface area (TPSA) is 37.8 Å². The highest BCUT2D eigenvalue weighted by Crippen LogP contribution is 2.19. The van der Waals surface area contributed by atoms with Crippen LogP contribution in [0.5, 0.6) is 0 Å². The minimum Gasteiger partial charge on any atom is -0.316 e. The van der Waals surface area contributed by atoms with Gasteiger partial charge >= 0.3 is 0 Å². The lowest BCUT2D eigenvalue weighted by Crippen LogP contribution is -2.32. The molecule has 1 aromatic heterocycles. The van der Waals surface area contributed by atoms with Crippen molar-refractivity contribution in [3.63, 3.8) is 0 Å². The number of aromatic nitrogens is 2. The maximum absolute atomic E-state index is 4.52. The molecule has 3 nitrogen and oxygen atoms in total. The van der Waals surface area contributed by atoms with E-state index in [0.29, 0.717) is 12.0 Å². The molecule has 1 rings (SSSR count). The van der Waals surface area contributed by atoms with E-state index >= 15 is 0 Å². The monoisotopic (exact) mass is 253 g/mol. The molecule has 1 aromatic rings. The molecule has 1 atom stereocenters. The summed E-state index contributed by atoms with van der Waals surface area (Å²) in [4.78, 5) is 9.05. The van der Waals surface area contributed by atoms with Crippen molar-refractivity contribution in [2.24, 2.45) is 5.92 Å². The van der Waals surface area contributed by atoms with Crippen LogP contribution in [-0.2, 0) is 0 Å². The molecule has 0 saturated carbocycles. The van der Waals surface area contributed by atoms with Crippen molar-refractivity contribution in [2.75, 3.05) is 12.8 Å². The molecule has 0 bridgehead atoms. The normalized spacial score (nSPS) is 13.1. The van der Waals surface area contributed by atoms with Crippen LogP contribution in [-0.4, -0.2) is 28.8 Å². The molecule has 0 spiro atoms. The Bertz CT molecular complexity index is 354. The smallest absolute Gasteiger partial charge is 0.188 e. The molecule has 0 radical (unpaired) electrons. The second-order valence-electron chi connectivity index (χ2n) is 4.75. The number of rotatable bonds is 5. The highest BCUT2D eigenvalue weighted by molar-refractivity contribution is 7.99. The summed E-state index contributed by atoms with van der Waals surface area (Å²) in [7, 11) is 2.01. The fourth-order valence-electron chi connectivity index (χ4n) is 1.58. The van der Waals surface area contributed by atoms with Crippen molar-refractivity contribution >= 4 is 11.8 Å². The lowest BCUT2D eigenvalue weighted by atomic mass is 10.1. The van der Waals surface area contributed by atoms with E-state index in [2.05, 4.69) is 36.1 Å². The molecular weight excluding hydrogens is 230 g/mol. The summed E-state index contributed by atoms with van der Waals surface area (Å²) in [6.07, 6.45) is 0. The number of thioether (sulfide) groups is 1. The molecular formula is C13H23N3S. The van der Waals surface area contributed by atoms with Crippen molar-refractivity contribution in [2.45, 2.75) is 45.8 Å². The Labute approximate surface area is 109 Å². The van der Waals surface area contributed by atoms with Gasteiger partial charge in [0.25, 0.3) is 0 Å². The standard InChI is InChI=1S/C13H23N3S/c1-8(2)12(14-6)7-17-13-15-10(4)9(3)11(5)16-13/h8,12,14H,7H2,1-6H3. The number of nitrogens with zero attached hydrogens (tertiary/aromatic N) is 2. The van der Waals surface area contributed by atoms with E-state index in [9.17, 15) is 0 Å². The Hall–Kier alpha value is -0.610. The summed E-state index contributed by atoms with van der Waals surface area (Å²) in [6.45, 7) is 10.6. The van der Waals surface area contributed by atoms with E-state index in [1.807, 2.05) is 20.9 Å². The van der Waals surface area contributed by atoms with Gasteiger partial charge < -0.3 is 5.32 Å². The maximum atomic E-state index is 4.52. The summed E-state index contributed by atoms with van der Waals surface area (Å²) in [5.41, 5.74) is 3.37. The first-order chi connectivity index (χ1) is 7.95. The van der Waals surface area contributed by atoms with Crippen LogP contribution in [0, 0.1) is 26.7 Å². The van der Waals surface area contributed by atoms with E-state index < -0.39 is 0 Å². The van der Waals surface area contributed by atoms with Crippen molar-refractivity contribution in [1.82, 2.24) is 15.3 Å². The molecule has 0 saturated heterocycles. The molecule has 0 aromatic carbocycles. The SMILES string of the molecule is CNC(CSc1nc(C)c(C)c(C)n1)C(C)C. The zero-order valence-corrected chi connectivity index (χ0v) is 12.5. The fraction of sp³-hybridized carbons (Fsp3) is 0.692. The minimum absolute atomic E-state index is 0.505. The fourth-order valence-corrected chi connectivity index (χ4v) is 2.86. The average molecular weight is 253 g/mol. The van der Waals surface area contributed by atoms with Crippen molar-refractivity contribution in [3.8, 4) is 0 Å². The Morgan fingerprint density at radius 2 is 1.65 bits per heavy atom. The van der Waals surface area contributed by atoms with Crippen LogP contribution in [0.3, 0.4) is 0 Å². The van der Waals surface area contributed by atoms with Crippen LogP contribution in [0.4, 0.5) is 0 Å². The zero-order valence-electron chi connectivity index (χ0n) is 11.7. The van der Waals surface area contributed by atoms with E-state index in [1.165, 1.54) is 5.56 Å². The van der Waals surface area contributed by atoms with Gasteiger partial charge in [0.2, 0.25) is 0 Å². The lowest BCUT2D eigenvalue weighted by molar-refractivity contribution is 0.465. The van der Waals surface area contributed by atoms with Gasteiger partial charge in [0, 0.05) is 23.2 Å². The van der Waals surface area contributed by atoms with Gasteiger partial charge in [-0.1, -0.05) is 25.6 Å². The molecule has 0 fully saturated rings. The van der Waals surface area contributed by atoms with E-state index in [4.69, 9.17) is 0 Å². The number of nitrogens with one attached hydrogen (secondary N) is 1. The summed E-state index contributed by atoms with van der Waals surface area (Å²) < 4.78 is 0. The summed E-state index contributed by atoms with van der Waals surface area (Å²) in [5.74, 6) is 1.64. The van der Waals surface area contributed by atoms with E-state index in [-0.39, 0.29) is 0 Å². The van der Waals surface area contributed by atoms with Gasteiger partial charge in [0.1, 0.15) is 0 Å². The Morgan fingerprint density at radius 1 is 1.12 bits per heavy atom. The first-order valence-corrected chi connectivity index (χ1v) is 7.06. The van der Waals surface area contributed by atoms with Crippen LogP contribution in [0.1, 0.15) is 30.8 Å². The van der Waals surface area contributed by atoms with Gasteiger partial charge in [0.15, 0.2) is 5.16 Å². The third kappa shape index (κ3) is 3.96. The Kier molecular flexibility index (Phi) is 5.40. The zero-order chi connectivity index (χ0) is 13.0. The van der Waals surface area contributed by atoms with Gasteiger partial charge in [-0.05, 0) is 39.3 Å². The number of hydrogen-bond acceptors (Lipinski definition) is 4. The van der Waals surface area contributed by atoms with Crippen LogP contribution in [0.15, 0.2) is 5.16 Å². The van der Waals surface area contributed by atoms with Gasteiger partial charge in [-0.3, -0.25) is 0 Å². The van der Waals surface area contributed by atoms with Crippen LogP contribution < -0.4 is 5.32 Å². The van der Waals surface area contributed by atoms with Gasteiger partial charge in [-0.25, -0.2) is 9.97 Å². The molecule has 0 amide bonds. The number of aryl methyl sites for hydroxylation is 2. The summed E-state index contributed by atoms with van der Waals surface area (Å²) in [5, 5.41) is 4.23. The first kappa shape index (κ1) is 14.5. The summed E-state index contributed by atoms with van der Waals surface area (Å²) >= 11 is 1.73. The predicted octanol–water partition coefficient (Wildman–Crippen LogP) is 2.74. The summed E-state index contributed by atoms with van der Waals surface area (Å²) in [6, 6.07) is 0.505. The van der Waals surface area contributed by atoms with E-state index in [1.54, 1.807) is 11.8 Å². The van der Waals surface area contributed by atoms with Crippen LogP contribution in [0.25, 0.3) is 0 Å². The van der Waals surface area contributed by atoms with Gasteiger partial charge in [0.05, 0.1) is 0 Å². The molecule has 17 heavy (non-hydrogen) atoms. The third-order valence-corrected chi connectivity index (χ3v) is 4.15. The maximum Gasteiger partial charge on any atom is 0.188 e. The first-order valence-electron chi connectivity index (χ1n) is 6.07. The lowest BCUT2D eigenvalue weighted by Gasteiger charge is -2.19. The van der Waals surface area contributed by atoms with Crippen molar-refractivity contribution in [3.05, 3.63) is 17.0 Å². The van der Waals surface area contributed by atoms with Gasteiger partial charge in [-0.2, -0.15) is 0 Å². The molecule has 4 heteroatoms. The quantitative estimate of drug-likeness (QED) is 0.647. The molecule has 0 aliphatic rings. The van der Waals surface area contributed by atoms with Crippen molar-refractivity contribution < 1.29 is 0 Å². The van der Waals surface area contributed by atoms with Crippen LogP contribution in [0.2, 0.25) is 0 Å². The third-order valence-electron chi connectivity index (χ3n) is 3.18. The largest absolute Gasteiger partial charge is 0.316 e. The molecule has 0 aliphatic carbocycles. The second-order valence-corrected chi connectivity index (χ2v) is 5.74. The van der Waals surface area contributed by atoms with E-state index in [0.717, 1.165) is 22.3 Å². The van der Waals surface area contributed by atoms with Gasteiger partial charge in [-0.15, -0.1) is 0 Å². The molecule has 1 heterocycles. The predicted molar refractivity (Wildman–Crippen MR) is 74.7 cm³/mol. The Morgan fingerprint density at radius 3 is 2.06 bits per heavy atom. The highest BCUT2D eigenvalue weighted by Gasteiger charge is 2.13. The number of hydrogen-bond donors (Lipinski definition) is 1. The minimum atomic E-state index is 0.505. The molecule has 1 N–H and O–H groups in total. The van der Waals surface area contributed by atoms with Crippen molar-refractivity contribution in [1.29, 1.82) is 0 Å². The molecule has 96 valence electrons. The average Bonchev–Trinajstić information content (AvgIpc) is 2.26. The highest BCUT2D eigenvalue weighted by atomic mass is 32.2. The Balaban J connectivity index is 2.69. The second kappa shape index (κ2) is 6.36.